The lowest BCUT2D eigenvalue weighted by molar-refractivity contribution is -0.137. The van der Waals surface area contributed by atoms with E-state index < -0.39 is 17.6 Å². The van der Waals surface area contributed by atoms with Gasteiger partial charge in [0.2, 0.25) is 11.1 Å². The summed E-state index contributed by atoms with van der Waals surface area (Å²) in [5, 5.41) is 18.9. The van der Waals surface area contributed by atoms with Crippen LogP contribution in [0.25, 0.3) is 11.6 Å². The Morgan fingerprint density at radius 2 is 2.00 bits per heavy atom. The molecule has 0 saturated heterocycles. The van der Waals surface area contributed by atoms with Gasteiger partial charge in [0.25, 0.3) is 5.95 Å². The van der Waals surface area contributed by atoms with E-state index in [0.29, 0.717) is 0 Å². The number of aromatic nitrogens is 8. The molecule has 4 rings (SSSR count). The lowest BCUT2D eigenvalue weighted by atomic mass is 10.1. The zero-order valence-corrected chi connectivity index (χ0v) is 18.1. The molecular weight excluding hydrogens is 461 g/mol. The SMILES string of the molecule is Cc1cc(C)n(-c2nnc(SCC(=O)Nc3cc(C(F)(F)F)ccc3-n3cncn3)n2N)n1. The molecule has 0 atom stereocenters. The molecule has 0 aliphatic heterocycles. The molecule has 0 radical (unpaired) electrons. The number of nitrogens with zero attached hydrogens (tertiary/aromatic N) is 8. The Morgan fingerprint density at radius 1 is 1.21 bits per heavy atom. The Morgan fingerprint density at radius 3 is 2.64 bits per heavy atom. The van der Waals surface area contributed by atoms with E-state index in [1.54, 1.807) is 0 Å². The molecule has 1 amide bonds. The summed E-state index contributed by atoms with van der Waals surface area (Å²) in [7, 11) is 0. The number of thioether (sulfide) groups is 1. The lowest BCUT2D eigenvalue weighted by Gasteiger charge is -2.14. The van der Waals surface area contributed by atoms with Crippen molar-refractivity contribution in [3.63, 3.8) is 0 Å². The van der Waals surface area contributed by atoms with Gasteiger partial charge in [-0.3, -0.25) is 4.79 Å². The highest BCUT2D eigenvalue weighted by atomic mass is 32.2. The van der Waals surface area contributed by atoms with Crippen molar-refractivity contribution in [3.05, 3.63) is 53.9 Å². The first kappa shape index (κ1) is 22.3. The summed E-state index contributed by atoms with van der Waals surface area (Å²) in [5.41, 5.74) is 0.816. The van der Waals surface area contributed by atoms with Crippen molar-refractivity contribution in [2.45, 2.75) is 25.2 Å². The Hall–Kier alpha value is -3.88. The first-order valence-electron chi connectivity index (χ1n) is 9.36. The molecule has 33 heavy (non-hydrogen) atoms. The monoisotopic (exact) mass is 478 g/mol. The number of nitrogens with two attached hydrogens (primary N) is 1. The standard InChI is InChI=1S/C18H17F3N10OS/c1-10-5-11(2)31(28-10)16-26-27-17(30(16)22)33-7-15(32)25-13-6-12(18(19,20)21)3-4-14(13)29-9-23-8-24-29/h3-6,8-9H,7,22H2,1-2H3,(H,25,32). The predicted molar refractivity (Wildman–Crippen MR) is 112 cm³/mol. The zero-order valence-electron chi connectivity index (χ0n) is 17.3. The third-order valence-electron chi connectivity index (χ3n) is 4.44. The number of hydrogen-bond donors (Lipinski definition) is 2. The second kappa shape index (κ2) is 8.57. The summed E-state index contributed by atoms with van der Waals surface area (Å²) in [6.45, 7) is 3.65. The highest BCUT2D eigenvalue weighted by Gasteiger charge is 2.31. The molecule has 172 valence electrons. The molecule has 0 unspecified atom stereocenters. The van der Waals surface area contributed by atoms with Crippen LogP contribution in [0, 0.1) is 13.8 Å². The molecule has 3 N–H and O–H groups in total. The number of aryl methyl sites for hydroxylation is 2. The maximum absolute atomic E-state index is 13.2. The van der Waals surface area contributed by atoms with Gasteiger partial charge in [-0.1, -0.05) is 11.8 Å². The molecule has 3 heterocycles. The maximum Gasteiger partial charge on any atom is 0.416 e. The number of nitrogen functional groups attached to an aromatic ring is 1. The number of nitrogens with one attached hydrogen (secondary N) is 1. The van der Waals surface area contributed by atoms with Crippen LogP contribution in [0.1, 0.15) is 17.0 Å². The molecular formula is C18H17F3N10OS. The van der Waals surface area contributed by atoms with Gasteiger partial charge in [-0.2, -0.15) is 23.4 Å². The van der Waals surface area contributed by atoms with Crippen molar-refractivity contribution in [3.8, 4) is 11.6 Å². The van der Waals surface area contributed by atoms with E-state index in [9.17, 15) is 18.0 Å². The minimum absolute atomic E-state index is 0.0709. The number of hydrogen-bond acceptors (Lipinski definition) is 8. The van der Waals surface area contributed by atoms with Gasteiger partial charge in [0.15, 0.2) is 0 Å². The summed E-state index contributed by atoms with van der Waals surface area (Å²) >= 11 is 0.970. The van der Waals surface area contributed by atoms with E-state index in [1.165, 1.54) is 32.8 Å². The smallest absolute Gasteiger partial charge is 0.334 e. The fourth-order valence-corrected chi connectivity index (χ4v) is 3.66. The van der Waals surface area contributed by atoms with E-state index in [2.05, 4.69) is 30.7 Å². The number of alkyl halides is 3. The fraction of sp³-hybridized carbons (Fsp3) is 0.222. The van der Waals surface area contributed by atoms with Crippen LogP contribution in [0.4, 0.5) is 18.9 Å². The van der Waals surface area contributed by atoms with Crippen LogP contribution in [0.2, 0.25) is 0 Å². The summed E-state index contributed by atoms with van der Waals surface area (Å²) < 4.78 is 43.5. The van der Waals surface area contributed by atoms with E-state index >= 15 is 0 Å². The van der Waals surface area contributed by atoms with Gasteiger partial charge >= 0.3 is 6.18 Å². The summed E-state index contributed by atoms with van der Waals surface area (Å²) in [6, 6.07) is 4.79. The van der Waals surface area contributed by atoms with Crippen molar-refractivity contribution < 1.29 is 18.0 Å². The molecule has 15 heteroatoms. The summed E-state index contributed by atoms with van der Waals surface area (Å²) in [5.74, 6) is 5.55. The first-order chi connectivity index (χ1) is 15.6. The molecule has 0 fully saturated rings. The number of carbonyl (C=O) groups is 1. The molecule has 0 bridgehead atoms. The molecule has 4 aromatic rings. The number of rotatable bonds is 6. The molecule has 3 aromatic heterocycles. The number of amides is 1. The highest BCUT2D eigenvalue weighted by Crippen LogP contribution is 2.33. The molecule has 0 aliphatic carbocycles. The van der Waals surface area contributed by atoms with Crippen molar-refractivity contribution in [1.82, 2.24) is 39.4 Å². The molecule has 11 nitrogen and oxygen atoms in total. The average molecular weight is 478 g/mol. The molecule has 1 aromatic carbocycles. The van der Waals surface area contributed by atoms with Crippen molar-refractivity contribution >= 4 is 23.4 Å². The van der Waals surface area contributed by atoms with E-state index in [1.807, 2.05) is 19.9 Å². The number of carbonyl (C=O) groups excluding carboxylic acids is 1. The van der Waals surface area contributed by atoms with Gasteiger partial charge in [-0.15, -0.1) is 10.2 Å². The Bertz CT molecular complexity index is 1300. The van der Waals surface area contributed by atoms with E-state index in [-0.39, 0.29) is 28.2 Å². The van der Waals surface area contributed by atoms with Gasteiger partial charge < -0.3 is 11.2 Å². The van der Waals surface area contributed by atoms with Crippen LogP contribution < -0.4 is 11.2 Å². The third kappa shape index (κ3) is 4.67. The number of halogens is 3. The van der Waals surface area contributed by atoms with Crippen LogP contribution >= 0.6 is 11.8 Å². The molecule has 0 spiro atoms. The van der Waals surface area contributed by atoms with Gasteiger partial charge in [0.1, 0.15) is 12.7 Å². The van der Waals surface area contributed by atoms with Crippen LogP contribution in [-0.4, -0.2) is 51.1 Å². The van der Waals surface area contributed by atoms with Crippen LogP contribution in [0.3, 0.4) is 0 Å². The number of benzene rings is 1. The molecule has 0 aliphatic rings. The van der Waals surface area contributed by atoms with Gasteiger partial charge in [-0.25, -0.2) is 19.0 Å². The maximum atomic E-state index is 13.2. The molecule has 0 saturated carbocycles. The van der Waals surface area contributed by atoms with E-state index in [4.69, 9.17) is 5.84 Å². The summed E-state index contributed by atoms with van der Waals surface area (Å²) in [4.78, 5) is 16.3. The number of anilines is 1. The minimum atomic E-state index is -4.58. The van der Waals surface area contributed by atoms with Gasteiger partial charge in [-0.05, 0) is 38.1 Å². The van der Waals surface area contributed by atoms with Crippen molar-refractivity contribution in [2.24, 2.45) is 0 Å². The van der Waals surface area contributed by atoms with E-state index in [0.717, 1.165) is 35.3 Å². The summed E-state index contributed by atoms with van der Waals surface area (Å²) in [6.07, 6.45) is -2.04. The minimum Gasteiger partial charge on any atom is -0.334 e. The van der Waals surface area contributed by atoms with Crippen LogP contribution in [0.15, 0.2) is 42.1 Å². The second-order valence-electron chi connectivity index (χ2n) is 6.90. The van der Waals surface area contributed by atoms with Crippen LogP contribution in [-0.2, 0) is 11.0 Å². The third-order valence-corrected chi connectivity index (χ3v) is 5.38. The van der Waals surface area contributed by atoms with Crippen molar-refractivity contribution in [2.75, 3.05) is 16.9 Å². The fourth-order valence-electron chi connectivity index (χ4n) is 3.00. The zero-order chi connectivity index (χ0) is 23.8. The first-order valence-corrected chi connectivity index (χ1v) is 10.3. The average Bonchev–Trinajstić information content (AvgIpc) is 3.47. The Balaban J connectivity index is 1.51. The second-order valence-corrected chi connectivity index (χ2v) is 7.84. The van der Waals surface area contributed by atoms with Crippen LogP contribution in [0.5, 0.6) is 0 Å². The lowest BCUT2D eigenvalue weighted by Crippen LogP contribution is -2.19. The normalized spacial score (nSPS) is 11.7. The highest BCUT2D eigenvalue weighted by molar-refractivity contribution is 7.99. The largest absolute Gasteiger partial charge is 0.416 e. The topological polar surface area (TPSA) is 134 Å². The Kier molecular flexibility index (Phi) is 5.80. The Labute approximate surface area is 188 Å². The predicted octanol–water partition coefficient (Wildman–Crippen LogP) is 2.12. The quantitative estimate of drug-likeness (QED) is 0.318. The van der Waals surface area contributed by atoms with Gasteiger partial charge in [0, 0.05) is 5.69 Å². The van der Waals surface area contributed by atoms with Gasteiger partial charge in [0.05, 0.1) is 28.4 Å². The van der Waals surface area contributed by atoms with Crippen molar-refractivity contribution in [1.29, 1.82) is 0 Å².